The van der Waals surface area contributed by atoms with Crippen LogP contribution in [0.2, 0.25) is 0 Å². The maximum atomic E-state index is 13.5. The fraction of sp³-hybridized carbons (Fsp3) is 0.120. The van der Waals surface area contributed by atoms with Crippen LogP contribution in [0, 0.1) is 5.82 Å². The average Bonchev–Trinajstić information content (AvgIpc) is 3.59. The predicted octanol–water partition coefficient (Wildman–Crippen LogP) is 4.25. The average molecular weight is 456 g/mol. The third kappa shape index (κ3) is 3.38. The minimum absolute atomic E-state index is 0.229. The van der Waals surface area contributed by atoms with Gasteiger partial charge < -0.3 is 8.83 Å². The van der Waals surface area contributed by atoms with Crippen LogP contribution < -0.4 is 5.56 Å². The van der Waals surface area contributed by atoms with E-state index in [1.807, 2.05) is 30.3 Å². The van der Waals surface area contributed by atoms with Gasteiger partial charge in [-0.3, -0.25) is 14.2 Å². The standard InChI is InChI=1S/C25H17FN4O4/c26-16-7-8-17-18(11-16)27-14-29(25(17)32)13-24(31)30-20(22-6-3-9-33-22)12-19(28-30)23-10-15-4-1-2-5-21(15)34-23/h1-11,14,20H,12-13H2. The summed E-state index contributed by atoms with van der Waals surface area (Å²) in [5, 5.41) is 7.04. The number of carbonyl (C=O) groups excluding carboxylic acids is 1. The van der Waals surface area contributed by atoms with Crippen LogP contribution in [0.3, 0.4) is 0 Å². The van der Waals surface area contributed by atoms with Crippen LogP contribution in [0.4, 0.5) is 4.39 Å². The molecule has 9 heteroatoms. The summed E-state index contributed by atoms with van der Waals surface area (Å²) in [6, 6.07) is 16.3. The van der Waals surface area contributed by atoms with Crippen LogP contribution in [-0.2, 0) is 11.3 Å². The Labute approximate surface area is 191 Å². The summed E-state index contributed by atoms with van der Waals surface area (Å²) in [5.74, 6) is 0.235. The van der Waals surface area contributed by atoms with Crippen molar-refractivity contribution in [2.24, 2.45) is 5.10 Å². The van der Waals surface area contributed by atoms with Gasteiger partial charge in [0.2, 0.25) is 0 Å². The van der Waals surface area contributed by atoms with Crippen LogP contribution in [0.15, 0.2) is 92.0 Å². The Hall–Kier alpha value is -4.53. The molecule has 1 amide bonds. The number of furan rings is 2. The van der Waals surface area contributed by atoms with E-state index in [1.54, 1.807) is 12.1 Å². The topological polar surface area (TPSA) is 93.8 Å². The molecule has 0 saturated carbocycles. The summed E-state index contributed by atoms with van der Waals surface area (Å²) < 4.78 is 26.2. The van der Waals surface area contributed by atoms with E-state index in [0.29, 0.717) is 23.7 Å². The summed E-state index contributed by atoms with van der Waals surface area (Å²) in [6.07, 6.45) is 3.17. The Morgan fingerprint density at radius 2 is 2.00 bits per heavy atom. The van der Waals surface area contributed by atoms with E-state index >= 15 is 0 Å². The summed E-state index contributed by atoms with van der Waals surface area (Å²) in [4.78, 5) is 30.3. The number of hydrazone groups is 1. The third-order valence-corrected chi connectivity index (χ3v) is 5.84. The molecule has 0 radical (unpaired) electrons. The van der Waals surface area contributed by atoms with Crippen molar-refractivity contribution in [2.75, 3.05) is 0 Å². The molecule has 0 bridgehead atoms. The summed E-state index contributed by atoms with van der Waals surface area (Å²) in [7, 11) is 0. The van der Waals surface area contributed by atoms with Crippen molar-refractivity contribution < 1.29 is 18.0 Å². The Morgan fingerprint density at radius 3 is 2.82 bits per heavy atom. The molecular formula is C25H17FN4O4. The number of fused-ring (bicyclic) bond motifs is 2. The third-order valence-electron chi connectivity index (χ3n) is 5.84. The molecule has 0 fully saturated rings. The molecule has 1 atom stereocenters. The molecular weight excluding hydrogens is 439 g/mol. The van der Waals surface area contributed by atoms with Crippen molar-refractivity contribution >= 4 is 33.5 Å². The van der Waals surface area contributed by atoms with Crippen molar-refractivity contribution in [3.05, 3.63) is 101 Å². The Kier molecular flexibility index (Phi) is 4.61. The molecule has 0 aliphatic carbocycles. The maximum Gasteiger partial charge on any atom is 0.263 e. The summed E-state index contributed by atoms with van der Waals surface area (Å²) in [6.45, 7) is -0.284. The second-order valence-electron chi connectivity index (χ2n) is 8.01. The number of carbonyl (C=O) groups is 1. The van der Waals surface area contributed by atoms with Gasteiger partial charge in [-0.2, -0.15) is 5.10 Å². The van der Waals surface area contributed by atoms with Crippen molar-refractivity contribution in [3.8, 4) is 0 Å². The molecule has 1 aliphatic rings. The monoisotopic (exact) mass is 456 g/mol. The predicted molar refractivity (Wildman–Crippen MR) is 122 cm³/mol. The zero-order valence-electron chi connectivity index (χ0n) is 17.7. The molecule has 8 nitrogen and oxygen atoms in total. The Balaban J connectivity index is 1.35. The van der Waals surface area contributed by atoms with Gasteiger partial charge in [0.15, 0.2) is 5.76 Å². The summed E-state index contributed by atoms with van der Waals surface area (Å²) in [5.41, 5.74) is 1.12. The number of rotatable bonds is 4. The fourth-order valence-corrected chi connectivity index (χ4v) is 4.18. The van der Waals surface area contributed by atoms with E-state index in [1.165, 1.54) is 40.4 Å². The normalized spacial score (nSPS) is 15.9. The van der Waals surface area contributed by atoms with Gasteiger partial charge in [0.25, 0.3) is 11.5 Å². The highest BCUT2D eigenvalue weighted by molar-refractivity contribution is 6.03. The van der Waals surface area contributed by atoms with Gasteiger partial charge >= 0.3 is 0 Å². The van der Waals surface area contributed by atoms with E-state index in [9.17, 15) is 14.0 Å². The van der Waals surface area contributed by atoms with Crippen LogP contribution in [-0.4, -0.2) is 26.2 Å². The molecule has 0 N–H and O–H groups in total. The van der Waals surface area contributed by atoms with Crippen LogP contribution >= 0.6 is 0 Å². The first-order valence-electron chi connectivity index (χ1n) is 10.6. The molecule has 3 aromatic heterocycles. The van der Waals surface area contributed by atoms with Crippen molar-refractivity contribution in [3.63, 3.8) is 0 Å². The number of benzene rings is 2. The second-order valence-corrected chi connectivity index (χ2v) is 8.01. The largest absolute Gasteiger partial charge is 0.467 e. The first kappa shape index (κ1) is 20.1. The lowest BCUT2D eigenvalue weighted by Crippen LogP contribution is -2.34. The number of nitrogens with zero attached hydrogens (tertiary/aromatic N) is 4. The van der Waals surface area contributed by atoms with Gasteiger partial charge in [-0.25, -0.2) is 14.4 Å². The zero-order valence-corrected chi connectivity index (χ0v) is 17.7. The van der Waals surface area contributed by atoms with Crippen molar-refractivity contribution in [2.45, 2.75) is 19.0 Å². The van der Waals surface area contributed by atoms with Crippen molar-refractivity contribution in [1.82, 2.24) is 14.6 Å². The van der Waals surface area contributed by atoms with Gasteiger partial charge in [0, 0.05) is 17.9 Å². The SMILES string of the molecule is O=C(Cn1cnc2cc(F)ccc2c1=O)N1N=C(c2cc3ccccc3o2)CC1c1ccco1. The van der Waals surface area contributed by atoms with Crippen LogP contribution in [0.25, 0.3) is 21.9 Å². The first-order chi connectivity index (χ1) is 16.6. The quantitative estimate of drug-likeness (QED) is 0.403. The molecule has 0 spiro atoms. The minimum atomic E-state index is -0.487. The van der Waals surface area contributed by atoms with E-state index in [2.05, 4.69) is 10.1 Å². The molecule has 168 valence electrons. The lowest BCUT2D eigenvalue weighted by atomic mass is 10.1. The van der Waals surface area contributed by atoms with E-state index in [0.717, 1.165) is 11.0 Å². The number of aromatic nitrogens is 2. The number of hydrogen-bond donors (Lipinski definition) is 0. The number of para-hydroxylation sites is 1. The number of hydrogen-bond acceptors (Lipinski definition) is 6. The second kappa shape index (κ2) is 7.80. The van der Waals surface area contributed by atoms with Gasteiger partial charge in [-0.1, -0.05) is 18.2 Å². The molecule has 0 saturated heterocycles. The molecule has 34 heavy (non-hydrogen) atoms. The van der Waals surface area contributed by atoms with Crippen LogP contribution in [0.5, 0.6) is 0 Å². The van der Waals surface area contributed by atoms with E-state index < -0.39 is 23.3 Å². The highest BCUT2D eigenvalue weighted by Crippen LogP contribution is 2.34. The molecule has 1 unspecified atom stereocenters. The van der Waals surface area contributed by atoms with E-state index in [4.69, 9.17) is 8.83 Å². The first-order valence-corrected chi connectivity index (χ1v) is 10.6. The zero-order chi connectivity index (χ0) is 23.2. The lowest BCUT2D eigenvalue weighted by Gasteiger charge is -2.20. The highest BCUT2D eigenvalue weighted by atomic mass is 19.1. The Morgan fingerprint density at radius 1 is 1.12 bits per heavy atom. The summed E-state index contributed by atoms with van der Waals surface area (Å²) >= 11 is 0. The highest BCUT2D eigenvalue weighted by Gasteiger charge is 2.36. The molecule has 5 aromatic rings. The maximum absolute atomic E-state index is 13.5. The number of halogens is 1. The van der Waals surface area contributed by atoms with Gasteiger partial charge in [0.1, 0.15) is 35.5 Å². The molecule has 6 rings (SSSR count). The molecule has 2 aromatic carbocycles. The van der Waals surface area contributed by atoms with E-state index in [-0.39, 0.29) is 17.4 Å². The number of amides is 1. The molecule has 1 aliphatic heterocycles. The Bertz CT molecular complexity index is 1600. The van der Waals surface area contributed by atoms with Gasteiger partial charge in [0.05, 0.1) is 23.5 Å². The molecule has 4 heterocycles. The lowest BCUT2D eigenvalue weighted by molar-refractivity contribution is -0.134. The van der Waals surface area contributed by atoms with Crippen LogP contribution in [0.1, 0.15) is 24.0 Å². The van der Waals surface area contributed by atoms with Gasteiger partial charge in [-0.05, 0) is 36.4 Å². The minimum Gasteiger partial charge on any atom is -0.467 e. The smallest absolute Gasteiger partial charge is 0.263 e. The fourth-order valence-electron chi connectivity index (χ4n) is 4.18. The van der Waals surface area contributed by atoms with Gasteiger partial charge in [-0.15, -0.1) is 0 Å². The van der Waals surface area contributed by atoms with Crippen molar-refractivity contribution in [1.29, 1.82) is 0 Å².